The van der Waals surface area contributed by atoms with Gasteiger partial charge < -0.3 is 14.8 Å². The Morgan fingerprint density at radius 3 is 3.00 bits per heavy atom. The van der Waals surface area contributed by atoms with Gasteiger partial charge in [0.15, 0.2) is 0 Å². The highest BCUT2D eigenvalue weighted by Gasteiger charge is 2.31. The van der Waals surface area contributed by atoms with Gasteiger partial charge in [0.1, 0.15) is 23.7 Å². The fraction of sp³-hybridized carbons (Fsp3) is 0.417. The molecule has 2 atom stereocenters. The zero-order valence-corrected chi connectivity index (χ0v) is 11.4. The summed E-state index contributed by atoms with van der Waals surface area (Å²) < 4.78 is 23.9. The van der Waals surface area contributed by atoms with E-state index in [2.05, 4.69) is 26.0 Å². The number of hydrogen-bond acceptors (Lipinski definition) is 4. The molecule has 0 unspecified atom stereocenters. The predicted molar refractivity (Wildman–Crippen MR) is 66.9 cm³/mol. The molecule has 2 rings (SSSR count). The van der Waals surface area contributed by atoms with Crippen LogP contribution in [0, 0.1) is 5.82 Å². The summed E-state index contributed by atoms with van der Waals surface area (Å²) in [6.45, 7) is 0.539. The summed E-state index contributed by atoms with van der Waals surface area (Å²) in [7, 11) is 1.35. The number of ether oxygens (including phenoxy) is 2. The van der Waals surface area contributed by atoms with Crippen LogP contribution in [0.3, 0.4) is 0 Å². The van der Waals surface area contributed by atoms with Gasteiger partial charge in [-0.15, -0.1) is 0 Å². The van der Waals surface area contributed by atoms with Crippen LogP contribution in [0.5, 0.6) is 5.75 Å². The van der Waals surface area contributed by atoms with Gasteiger partial charge in [-0.2, -0.15) is 0 Å². The lowest BCUT2D eigenvalue weighted by Gasteiger charge is -2.13. The van der Waals surface area contributed by atoms with Crippen molar-refractivity contribution in [2.24, 2.45) is 0 Å². The van der Waals surface area contributed by atoms with E-state index in [4.69, 9.17) is 4.74 Å². The molecule has 6 heteroatoms. The van der Waals surface area contributed by atoms with E-state index in [1.54, 1.807) is 12.1 Å². The Labute approximate surface area is 113 Å². The van der Waals surface area contributed by atoms with Gasteiger partial charge in [0.2, 0.25) is 0 Å². The standard InChI is InChI=1S/C12H13BrFNO3/c1-17-12(16)11-5-8(6-15-11)18-7-2-3-9(13)10(14)4-7/h2-4,8,11,15H,5-6H2,1H3/t8-,11-/m0/s1. The van der Waals surface area contributed by atoms with Crippen LogP contribution in [-0.2, 0) is 9.53 Å². The lowest BCUT2D eigenvalue weighted by molar-refractivity contribution is -0.142. The van der Waals surface area contributed by atoms with Gasteiger partial charge in [-0.3, -0.25) is 4.79 Å². The van der Waals surface area contributed by atoms with E-state index in [-0.39, 0.29) is 23.9 Å². The Bertz CT molecular complexity index is 455. The lowest BCUT2D eigenvalue weighted by atomic mass is 10.2. The molecule has 0 aromatic heterocycles. The second kappa shape index (κ2) is 5.67. The van der Waals surface area contributed by atoms with E-state index in [1.807, 2.05) is 0 Å². The molecule has 0 aliphatic carbocycles. The molecule has 1 N–H and O–H groups in total. The second-order valence-corrected chi connectivity index (χ2v) is 4.89. The van der Waals surface area contributed by atoms with E-state index >= 15 is 0 Å². The summed E-state index contributed by atoms with van der Waals surface area (Å²) >= 11 is 3.08. The molecule has 1 fully saturated rings. The van der Waals surface area contributed by atoms with Crippen molar-refractivity contribution >= 4 is 21.9 Å². The van der Waals surface area contributed by atoms with Crippen LogP contribution < -0.4 is 10.1 Å². The van der Waals surface area contributed by atoms with E-state index in [9.17, 15) is 9.18 Å². The fourth-order valence-corrected chi connectivity index (χ4v) is 2.10. The zero-order valence-electron chi connectivity index (χ0n) is 9.78. The van der Waals surface area contributed by atoms with Crippen LogP contribution in [0.4, 0.5) is 4.39 Å². The molecule has 0 bridgehead atoms. The maximum atomic E-state index is 13.3. The van der Waals surface area contributed by atoms with Crippen LogP contribution in [0.2, 0.25) is 0 Å². The van der Waals surface area contributed by atoms with Gasteiger partial charge in [0.05, 0.1) is 11.6 Å². The Hall–Kier alpha value is -1.14. The number of nitrogens with one attached hydrogen (secondary N) is 1. The van der Waals surface area contributed by atoms with Gasteiger partial charge in [0, 0.05) is 19.0 Å². The SMILES string of the molecule is COC(=O)[C@@H]1C[C@H](Oc2ccc(Br)c(F)c2)CN1. The third-order valence-electron chi connectivity index (χ3n) is 2.77. The Morgan fingerprint density at radius 1 is 1.56 bits per heavy atom. The predicted octanol–water partition coefficient (Wildman–Crippen LogP) is 1.87. The van der Waals surface area contributed by atoms with Gasteiger partial charge in [0.25, 0.3) is 0 Å². The molecule has 0 spiro atoms. The third-order valence-corrected chi connectivity index (χ3v) is 3.41. The van der Waals surface area contributed by atoms with Crippen molar-refractivity contribution in [3.63, 3.8) is 0 Å². The first-order valence-corrected chi connectivity index (χ1v) is 6.32. The maximum absolute atomic E-state index is 13.3. The van der Waals surface area contributed by atoms with Gasteiger partial charge in [-0.1, -0.05) is 0 Å². The Balaban J connectivity index is 1.95. The summed E-state index contributed by atoms with van der Waals surface area (Å²) in [6, 6.07) is 4.24. The van der Waals surface area contributed by atoms with Crippen molar-refractivity contribution in [1.29, 1.82) is 0 Å². The quantitative estimate of drug-likeness (QED) is 0.865. The molecule has 1 aromatic carbocycles. The van der Waals surface area contributed by atoms with Crippen molar-refractivity contribution in [3.8, 4) is 5.75 Å². The Morgan fingerprint density at radius 2 is 2.33 bits per heavy atom. The fourth-order valence-electron chi connectivity index (χ4n) is 1.86. The number of carbonyl (C=O) groups excluding carboxylic acids is 1. The normalized spacial score (nSPS) is 22.8. The van der Waals surface area contributed by atoms with Crippen molar-refractivity contribution in [2.45, 2.75) is 18.6 Å². The van der Waals surface area contributed by atoms with Crippen LogP contribution in [0.25, 0.3) is 0 Å². The maximum Gasteiger partial charge on any atom is 0.323 e. The number of methoxy groups -OCH3 is 1. The summed E-state index contributed by atoms with van der Waals surface area (Å²) in [5, 5.41) is 3.00. The highest BCUT2D eigenvalue weighted by molar-refractivity contribution is 9.10. The van der Waals surface area contributed by atoms with Crippen molar-refractivity contribution in [3.05, 3.63) is 28.5 Å². The summed E-state index contributed by atoms with van der Waals surface area (Å²) in [5.74, 6) is -0.223. The molecule has 1 saturated heterocycles. The van der Waals surface area contributed by atoms with E-state index in [0.717, 1.165) is 0 Å². The number of halogens is 2. The summed E-state index contributed by atoms with van der Waals surface area (Å²) in [5.41, 5.74) is 0. The smallest absolute Gasteiger partial charge is 0.323 e. The number of hydrogen-bond donors (Lipinski definition) is 1. The van der Waals surface area contributed by atoms with Gasteiger partial charge >= 0.3 is 5.97 Å². The molecule has 1 aliphatic rings. The molecule has 18 heavy (non-hydrogen) atoms. The number of benzene rings is 1. The molecule has 0 saturated carbocycles. The molecule has 4 nitrogen and oxygen atoms in total. The number of carbonyl (C=O) groups is 1. The van der Waals surface area contributed by atoms with Crippen LogP contribution in [0.15, 0.2) is 22.7 Å². The zero-order chi connectivity index (χ0) is 13.1. The second-order valence-electron chi connectivity index (χ2n) is 4.04. The Kier molecular flexibility index (Phi) is 4.19. The average Bonchev–Trinajstić information content (AvgIpc) is 2.81. The molecule has 1 aromatic rings. The average molecular weight is 318 g/mol. The minimum absolute atomic E-state index is 0.158. The first kappa shape index (κ1) is 13.3. The van der Waals surface area contributed by atoms with E-state index in [1.165, 1.54) is 13.2 Å². The summed E-state index contributed by atoms with van der Waals surface area (Å²) in [4.78, 5) is 11.3. The molecule has 1 heterocycles. The monoisotopic (exact) mass is 317 g/mol. The minimum atomic E-state index is -0.372. The molecule has 0 amide bonds. The summed E-state index contributed by atoms with van der Waals surface area (Å²) in [6.07, 6.45) is 0.361. The van der Waals surface area contributed by atoms with E-state index < -0.39 is 0 Å². The van der Waals surface area contributed by atoms with Crippen molar-refractivity contribution < 1.29 is 18.7 Å². The highest BCUT2D eigenvalue weighted by atomic mass is 79.9. The minimum Gasteiger partial charge on any atom is -0.489 e. The molecule has 1 aliphatic heterocycles. The highest BCUT2D eigenvalue weighted by Crippen LogP contribution is 2.23. The number of rotatable bonds is 3. The van der Waals surface area contributed by atoms with Crippen molar-refractivity contribution in [1.82, 2.24) is 5.32 Å². The van der Waals surface area contributed by atoms with Gasteiger partial charge in [-0.25, -0.2) is 4.39 Å². The third kappa shape index (κ3) is 3.00. The topological polar surface area (TPSA) is 47.6 Å². The first-order chi connectivity index (χ1) is 8.60. The van der Waals surface area contributed by atoms with Gasteiger partial charge in [-0.05, 0) is 28.1 Å². The van der Waals surface area contributed by atoms with Crippen LogP contribution in [0.1, 0.15) is 6.42 Å². The largest absolute Gasteiger partial charge is 0.489 e. The lowest BCUT2D eigenvalue weighted by Crippen LogP contribution is -2.31. The van der Waals surface area contributed by atoms with E-state index in [0.29, 0.717) is 23.2 Å². The molecule has 0 radical (unpaired) electrons. The molecular weight excluding hydrogens is 305 g/mol. The van der Waals surface area contributed by atoms with Crippen molar-refractivity contribution in [2.75, 3.05) is 13.7 Å². The molecular formula is C12H13BrFNO3. The van der Waals surface area contributed by atoms with Crippen LogP contribution in [-0.4, -0.2) is 31.8 Å². The first-order valence-electron chi connectivity index (χ1n) is 5.53. The molecule has 98 valence electrons. The van der Waals surface area contributed by atoms with Crippen LogP contribution >= 0.6 is 15.9 Å². The number of esters is 1.